The molecule has 0 saturated carbocycles. The van der Waals surface area contributed by atoms with Gasteiger partial charge in [0.2, 0.25) is 5.91 Å². The lowest BCUT2D eigenvalue weighted by Gasteiger charge is -2.23. The Kier molecular flexibility index (Phi) is 4.39. The summed E-state index contributed by atoms with van der Waals surface area (Å²) >= 11 is 0. The third-order valence-corrected chi connectivity index (χ3v) is 3.72. The Morgan fingerprint density at radius 3 is 2.55 bits per heavy atom. The molecule has 0 aromatic heterocycles. The number of aliphatic carboxylic acids is 1. The van der Waals surface area contributed by atoms with Crippen LogP contribution in [0.15, 0.2) is 24.3 Å². The van der Waals surface area contributed by atoms with E-state index in [2.05, 4.69) is 5.32 Å². The smallest absolute Gasteiger partial charge is 0.321 e. The SMILES string of the molecule is CC(=O)Nc1ccc(CN2CCC(C)C2C(=O)O)cc1. The molecule has 0 radical (unpaired) electrons. The van der Waals surface area contributed by atoms with E-state index in [1.165, 1.54) is 6.92 Å². The summed E-state index contributed by atoms with van der Waals surface area (Å²) < 4.78 is 0. The number of benzene rings is 1. The van der Waals surface area contributed by atoms with Crippen molar-refractivity contribution >= 4 is 17.6 Å². The Labute approximate surface area is 118 Å². The lowest BCUT2D eigenvalue weighted by atomic mass is 10.0. The van der Waals surface area contributed by atoms with Crippen LogP contribution in [0.5, 0.6) is 0 Å². The number of carbonyl (C=O) groups is 2. The van der Waals surface area contributed by atoms with E-state index < -0.39 is 12.0 Å². The average Bonchev–Trinajstić information content (AvgIpc) is 2.72. The van der Waals surface area contributed by atoms with Crippen LogP contribution >= 0.6 is 0 Å². The van der Waals surface area contributed by atoms with Crippen molar-refractivity contribution in [1.82, 2.24) is 4.90 Å². The monoisotopic (exact) mass is 276 g/mol. The summed E-state index contributed by atoms with van der Waals surface area (Å²) in [6, 6.07) is 7.13. The Morgan fingerprint density at radius 1 is 1.35 bits per heavy atom. The Balaban J connectivity index is 2.03. The van der Waals surface area contributed by atoms with Gasteiger partial charge >= 0.3 is 5.97 Å². The van der Waals surface area contributed by atoms with E-state index in [9.17, 15) is 14.7 Å². The highest BCUT2D eigenvalue weighted by molar-refractivity contribution is 5.88. The molecule has 1 aromatic carbocycles. The first-order valence-electron chi connectivity index (χ1n) is 6.81. The second kappa shape index (κ2) is 6.05. The van der Waals surface area contributed by atoms with Gasteiger partial charge in [0.05, 0.1) is 0 Å². The Morgan fingerprint density at radius 2 is 2.00 bits per heavy atom. The second-order valence-electron chi connectivity index (χ2n) is 5.40. The standard InChI is InChI=1S/C15H20N2O3/c1-10-7-8-17(14(10)15(19)20)9-12-3-5-13(6-4-12)16-11(2)18/h3-6,10,14H,7-9H2,1-2H3,(H,16,18)(H,19,20). The molecule has 2 N–H and O–H groups in total. The Hall–Kier alpha value is -1.88. The topological polar surface area (TPSA) is 69.6 Å². The number of nitrogens with one attached hydrogen (secondary N) is 1. The van der Waals surface area contributed by atoms with Gasteiger partial charge in [-0.05, 0) is 36.6 Å². The van der Waals surface area contributed by atoms with Gasteiger partial charge in [0.15, 0.2) is 0 Å². The number of rotatable bonds is 4. The molecular formula is C15H20N2O3. The number of amides is 1. The molecule has 2 rings (SSSR count). The molecule has 0 aliphatic carbocycles. The van der Waals surface area contributed by atoms with Crippen molar-refractivity contribution in [2.24, 2.45) is 5.92 Å². The number of hydrogen-bond donors (Lipinski definition) is 2. The fourth-order valence-corrected chi connectivity index (χ4v) is 2.73. The van der Waals surface area contributed by atoms with Crippen LogP contribution in [0.2, 0.25) is 0 Å². The van der Waals surface area contributed by atoms with Crippen LogP contribution in [-0.4, -0.2) is 34.5 Å². The van der Waals surface area contributed by atoms with Gasteiger partial charge in [0.25, 0.3) is 0 Å². The molecule has 1 aromatic rings. The molecule has 1 aliphatic rings. The molecular weight excluding hydrogens is 256 g/mol. The van der Waals surface area contributed by atoms with Crippen LogP contribution < -0.4 is 5.32 Å². The maximum Gasteiger partial charge on any atom is 0.321 e. The molecule has 5 heteroatoms. The summed E-state index contributed by atoms with van der Waals surface area (Å²) in [5.74, 6) is -0.659. The van der Waals surface area contributed by atoms with Gasteiger partial charge in [-0.2, -0.15) is 0 Å². The molecule has 1 fully saturated rings. The predicted molar refractivity (Wildman–Crippen MR) is 76.4 cm³/mol. The van der Waals surface area contributed by atoms with Crippen LogP contribution in [0.25, 0.3) is 0 Å². The molecule has 108 valence electrons. The zero-order valence-corrected chi connectivity index (χ0v) is 11.8. The van der Waals surface area contributed by atoms with E-state index >= 15 is 0 Å². The first kappa shape index (κ1) is 14.5. The van der Waals surface area contributed by atoms with Crippen LogP contribution in [-0.2, 0) is 16.1 Å². The molecule has 2 atom stereocenters. The first-order chi connectivity index (χ1) is 9.47. The van der Waals surface area contributed by atoms with E-state index in [0.717, 1.165) is 24.2 Å². The minimum atomic E-state index is -0.745. The van der Waals surface area contributed by atoms with Crippen molar-refractivity contribution < 1.29 is 14.7 Å². The van der Waals surface area contributed by atoms with Gasteiger partial charge in [-0.25, -0.2) is 0 Å². The minimum absolute atomic E-state index is 0.0999. The van der Waals surface area contributed by atoms with Gasteiger partial charge in [-0.1, -0.05) is 19.1 Å². The second-order valence-corrected chi connectivity index (χ2v) is 5.40. The molecule has 1 saturated heterocycles. The van der Waals surface area contributed by atoms with Crippen LogP contribution in [0.4, 0.5) is 5.69 Å². The summed E-state index contributed by atoms with van der Waals surface area (Å²) in [6.45, 7) is 4.89. The molecule has 5 nitrogen and oxygen atoms in total. The van der Waals surface area contributed by atoms with Gasteiger partial charge < -0.3 is 10.4 Å². The zero-order valence-electron chi connectivity index (χ0n) is 11.8. The van der Waals surface area contributed by atoms with E-state index in [-0.39, 0.29) is 11.8 Å². The van der Waals surface area contributed by atoms with Crippen molar-refractivity contribution in [2.75, 3.05) is 11.9 Å². The molecule has 20 heavy (non-hydrogen) atoms. The summed E-state index contributed by atoms with van der Waals surface area (Å²) in [4.78, 5) is 24.2. The highest BCUT2D eigenvalue weighted by atomic mass is 16.4. The first-order valence-corrected chi connectivity index (χ1v) is 6.81. The largest absolute Gasteiger partial charge is 0.480 e. The maximum atomic E-state index is 11.3. The molecule has 1 heterocycles. The van der Waals surface area contributed by atoms with Crippen molar-refractivity contribution in [2.45, 2.75) is 32.9 Å². The van der Waals surface area contributed by atoms with Crippen molar-refractivity contribution in [3.8, 4) is 0 Å². The van der Waals surface area contributed by atoms with Gasteiger partial charge in [0.1, 0.15) is 6.04 Å². The van der Waals surface area contributed by atoms with Crippen LogP contribution in [0.3, 0.4) is 0 Å². The quantitative estimate of drug-likeness (QED) is 0.881. The van der Waals surface area contributed by atoms with Crippen molar-refractivity contribution in [3.63, 3.8) is 0 Å². The zero-order chi connectivity index (χ0) is 14.7. The number of likely N-dealkylation sites (tertiary alicyclic amines) is 1. The summed E-state index contributed by atoms with van der Waals surface area (Å²) in [5.41, 5.74) is 1.81. The third kappa shape index (κ3) is 3.36. The van der Waals surface area contributed by atoms with Crippen LogP contribution in [0, 0.1) is 5.92 Å². The lowest BCUT2D eigenvalue weighted by Crippen LogP contribution is -2.38. The number of carbonyl (C=O) groups excluding carboxylic acids is 1. The molecule has 1 aliphatic heterocycles. The fourth-order valence-electron chi connectivity index (χ4n) is 2.73. The Bertz CT molecular complexity index is 498. The number of carboxylic acid groups (broad SMARTS) is 1. The predicted octanol–water partition coefficient (Wildman–Crippen LogP) is 1.94. The van der Waals surface area contributed by atoms with Gasteiger partial charge in [0, 0.05) is 19.2 Å². The van der Waals surface area contributed by atoms with Crippen LogP contribution in [0.1, 0.15) is 25.8 Å². The number of hydrogen-bond acceptors (Lipinski definition) is 3. The molecule has 0 spiro atoms. The van der Waals surface area contributed by atoms with E-state index in [4.69, 9.17) is 0 Å². The average molecular weight is 276 g/mol. The number of nitrogens with zero attached hydrogens (tertiary/aromatic N) is 1. The van der Waals surface area contributed by atoms with Crippen molar-refractivity contribution in [3.05, 3.63) is 29.8 Å². The summed E-state index contributed by atoms with van der Waals surface area (Å²) in [5, 5.41) is 12.0. The minimum Gasteiger partial charge on any atom is -0.480 e. The molecule has 0 bridgehead atoms. The molecule has 1 amide bonds. The number of carboxylic acids is 1. The van der Waals surface area contributed by atoms with E-state index in [1.54, 1.807) is 0 Å². The van der Waals surface area contributed by atoms with E-state index in [0.29, 0.717) is 6.54 Å². The normalized spacial score (nSPS) is 22.7. The summed E-state index contributed by atoms with van der Waals surface area (Å²) in [7, 11) is 0. The molecule has 2 unspecified atom stereocenters. The van der Waals surface area contributed by atoms with Gasteiger partial charge in [-0.15, -0.1) is 0 Å². The lowest BCUT2D eigenvalue weighted by molar-refractivity contribution is -0.143. The number of anilines is 1. The highest BCUT2D eigenvalue weighted by Gasteiger charge is 2.36. The third-order valence-electron chi connectivity index (χ3n) is 3.72. The van der Waals surface area contributed by atoms with E-state index in [1.807, 2.05) is 36.1 Å². The van der Waals surface area contributed by atoms with Crippen molar-refractivity contribution in [1.29, 1.82) is 0 Å². The summed E-state index contributed by atoms with van der Waals surface area (Å²) in [6.07, 6.45) is 0.918. The van der Waals surface area contributed by atoms with Gasteiger partial charge in [-0.3, -0.25) is 14.5 Å². The fraction of sp³-hybridized carbons (Fsp3) is 0.467. The maximum absolute atomic E-state index is 11.3. The highest BCUT2D eigenvalue weighted by Crippen LogP contribution is 2.26.